The Bertz CT molecular complexity index is 171. The molecule has 0 aromatic carbocycles. The maximum absolute atomic E-state index is 3.70. The average molecular weight is 210 g/mol. The predicted molar refractivity (Wildman–Crippen MR) is 65.1 cm³/mol. The number of hydrogen-bond acceptors (Lipinski definition) is 2. The topological polar surface area (TPSA) is 15.3 Å². The smallest absolute Gasteiger partial charge is 0.0220 e. The van der Waals surface area contributed by atoms with Gasteiger partial charge in [0.2, 0.25) is 0 Å². The van der Waals surface area contributed by atoms with Gasteiger partial charge in [0.25, 0.3) is 0 Å². The highest BCUT2D eigenvalue weighted by Crippen LogP contribution is 2.20. The first kappa shape index (κ1) is 11.4. The lowest BCUT2D eigenvalue weighted by molar-refractivity contribution is 0.151. The third-order valence-electron chi connectivity index (χ3n) is 3.75. The molecule has 1 aliphatic carbocycles. The van der Waals surface area contributed by atoms with E-state index in [4.69, 9.17) is 0 Å². The summed E-state index contributed by atoms with van der Waals surface area (Å²) in [6.07, 6.45) is 9.82. The number of rotatable bonds is 6. The van der Waals surface area contributed by atoms with Crippen molar-refractivity contribution in [2.24, 2.45) is 0 Å². The van der Waals surface area contributed by atoms with E-state index in [1.54, 1.807) is 0 Å². The van der Waals surface area contributed by atoms with Crippen molar-refractivity contribution >= 4 is 0 Å². The number of nitrogens with one attached hydrogen (secondary N) is 1. The van der Waals surface area contributed by atoms with Gasteiger partial charge < -0.3 is 5.32 Å². The summed E-state index contributed by atoms with van der Waals surface area (Å²) in [4.78, 5) is 2.72. The van der Waals surface area contributed by atoms with Crippen LogP contribution in [0, 0.1) is 0 Å². The van der Waals surface area contributed by atoms with Gasteiger partial charge in [0.05, 0.1) is 0 Å². The van der Waals surface area contributed by atoms with Crippen LogP contribution in [0.2, 0.25) is 0 Å². The summed E-state index contributed by atoms with van der Waals surface area (Å²) in [7, 11) is 0. The first-order valence-corrected chi connectivity index (χ1v) is 6.87. The zero-order valence-corrected chi connectivity index (χ0v) is 10.2. The van der Waals surface area contributed by atoms with E-state index in [0.717, 1.165) is 12.1 Å². The second-order valence-electron chi connectivity index (χ2n) is 5.22. The highest BCUT2D eigenvalue weighted by molar-refractivity contribution is 4.84. The molecule has 88 valence electrons. The van der Waals surface area contributed by atoms with Gasteiger partial charge >= 0.3 is 0 Å². The summed E-state index contributed by atoms with van der Waals surface area (Å²) in [5.74, 6) is 0. The Kier molecular flexibility index (Phi) is 4.45. The van der Waals surface area contributed by atoms with Crippen LogP contribution in [0.25, 0.3) is 0 Å². The Labute approximate surface area is 94.4 Å². The Morgan fingerprint density at radius 3 is 2.53 bits per heavy atom. The lowest BCUT2D eigenvalue weighted by atomic mass is 10.0. The van der Waals surface area contributed by atoms with Gasteiger partial charge in [-0.25, -0.2) is 0 Å². The molecule has 1 N–H and O–H groups in total. The first-order chi connectivity index (χ1) is 7.40. The van der Waals surface area contributed by atoms with Crippen LogP contribution in [0.1, 0.15) is 51.9 Å². The molecule has 0 aromatic rings. The molecule has 1 heterocycles. The molecule has 0 bridgehead atoms. The minimum atomic E-state index is 0.816. The van der Waals surface area contributed by atoms with E-state index >= 15 is 0 Å². The third-order valence-corrected chi connectivity index (χ3v) is 3.75. The fourth-order valence-corrected chi connectivity index (χ4v) is 2.62. The summed E-state index contributed by atoms with van der Waals surface area (Å²) in [5.41, 5.74) is 0. The van der Waals surface area contributed by atoms with Crippen LogP contribution in [0.5, 0.6) is 0 Å². The Balaban J connectivity index is 1.74. The molecule has 2 fully saturated rings. The molecule has 0 aromatic heterocycles. The summed E-state index contributed by atoms with van der Waals surface area (Å²) < 4.78 is 0. The molecule has 2 heteroatoms. The van der Waals surface area contributed by atoms with Crippen LogP contribution < -0.4 is 5.32 Å². The minimum absolute atomic E-state index is 0.816. The zero-order chi connectivity index (χ0) is 10.5. The molecular weight excluding hydrogens is 184 g/mol. The number of hydrogen-bond donors (Lipinski definition) is 1. The number of likely N-dealkylation sites (tertiary alicyclic amines) is 1. The molecule has 1 saturated carbocycles. The van der Waals surface area contributed by atoms with Gasteiger partial charge in [-0.15, -0.1) is 0 Å². The van der Waals surface area contributed by atoms with E-state index in [1.807, 2.05) is 0 Å². The molecule has 0 amide bonds. The van der Waals surface area contributed by atoms with E-state index in [9.17, 15) is 0 Å². The molecule has 2 nitrogen and oxygen atoms in total. The standard InChI is InChI=1S/C13H26N2/c1-2-6-13(11-14-12-7-8-12)15-9-4-3-5-10-15/h12-14H,2-11H2,1H3. The van der Waals surface area contributed by atoms with Crippen molar-refractivity contribution in [1.82, 2.24) is 10.2 Å². The van der Waals surface area contributed by atoms with E-state index in [-0.39, 0.29) is 0 Å². The fraction of sp³-hybridized carbons (Fsp3) is 1.00. The van der Waals surface area contributed by atoms with Crippen molar-refractivity contribution in [3.05, 3.63) is 0 Å². The highest BCUT2D eigenvalue weighted by Gasteiger charge is 2.24. The maximum Gasteiger partial charge on any atom is 0.0220 e. The van der Waals surface area contributed by atoms with E-state index in [0.29, 0.717) is 0 Å². The summed E-state index contributed by atoms with van der Waals surface area (Å²) in [6.45, 7) is 6.24. The molecule has 0 spiro atoms. The van der Waals surface area contributed by atoms with E-state index in [2.05, 4.69) is 17.1 Å². The molecule has 2 rings (SSSR count). The molecule has 1 saturated heterocycles. The van der Waals surface area contributed by atoms with Crippen molar-refractivity contribution in [3.63, 3.8) is 0 Å². The predicted octanol–water partition coefficient (Wildman–Crippen LogP) is 2.39. The second kappa shape index (κ2) is 5.86. The molecule has 15 heavy (non-hydrogen) atoms. The molecule has 2 aliphatic rings. The van der Waals surface area contributed by atoms with Crippen molar-refractivity contribution in [2.45, 2.75) is 64.0 Å². The number of piperidine rings is 1. The Morgan fingerprint density at radius 1 is 1.20 bits per heavy atom. The van der Waals surface area contributed by atoms with Crippen molar-refractivity contribution < 1.29 is 0 Å². The molecule has 1 atom stereocenters. The van der Waals surface area contributed by atoms with E-state index < -0.39 is 0 Å². The maximum atomic E-state index is 3.70. The Morgan fingerprint density at radius 2 is 1.93 bits per heavy atom. The van der Waals surface area contributed by atoms with Crippen LogP contribution in [0.15, 0.2) is 0 Å². The highest BCUT2D eigenvalue weighted by atomic mass is 15.2. The van der Waals surface area contributed by atoms with Crippen molar-refractivity contribution in [1.29, 1.82) is 0 Å². The SMILES string of the molecule is CCCC(CNC1CC1)N1CCCCC1. The van der Waals surface area contributed by atoms with Crippen LogP contribution in [-0.4, -0.2) is 36.6 Å². The third kappa shape index (κ3) is 3.76. The van der Waals surface area contributed by atoms with Crippen LogP contribution in [-0.2, 0) is 0 Å². The van der Waals surface area contributed by atoms with Crippen molar-refractivity contribution in [2.75, 3.05) is 19.6 Å². The summed E-state index contributed by atoms with van der Waals surface area (Å²) >= 11 is 0. The van der Waals surface area contributed by atoms with Crippen molar-refractivity contribution in [3.8, 4) is 0 Å². The normalized spacial score (nSPS) is 25.4. The zero-order valence-electron chi connectivity index (χ0n) is 10.2. The van der Waals surface area contributed by atoms with E-state index in [1.165, 1.54) is 64.6 Å². The summed E-state index contributed by atoms with van der Waals surface area (Å²) in [6, 6.07) is 1.69. The minimum Gasteiger partial charge on any atom is -0.312 e. The second-order valence-corrected chi connectivity index (χ2v) is 5.22. The van der Waals surface area contributed by atoms with Gasteiger partial charge in [0.1, 0.15) is 0 Å². The van der Waals surface area contributed by atoms with Gasteiger partial charge in [0.15, 0.2) is 0 Å². The molecule has 1 unspecified atom stereocenters. The van der Waals surface area contributed by atoms with Gasteiger partial charge in [0, 0.05) is 18.6 Å². The van der Waals surface area contributed by atoms with Gasteiger partial charge in [-0.1, -0.05) is 19.8 Å². The average Bonchev–Trinajstić information content (AvgIpc) is 3.09. The lowest BCUT2D eigenvalue weighted by Gasteiger charge is -2.34. The van der Waals surface area contributed by atoms with Crippen LogP contribution in [0.3, 0.4) is 0 Å². The summed E-state index contributed by atoms with van der Waals surface area (Å²) in [5, 5.41) is 3.70. The van der Waals surface area contributed by atoms with Crippen LogP contribution >= 0.6 is 0 Å². The van der Waals surface area contributed by atoms with Gasteiger partial charge in [-0.3, -0.25) is 4.90 Å². The molecular formula is C13H26N2. The van der Waals surface area contributed by atoms with Crippen LogP contribution in [0.4, 0.5) is 0 Å². The largest absolute Gasteiger partial charge is 0.312 e. The van der Waals surface area contributed by atoms with Gasteiger partial charge in [-0.05, 0) is 45.2 Å². The quantitative estimate of drug-likeness (QED) is 0.724. The fourth-order valence-electron chi connectivity index (χ4n) is 2.62. The van der Waals surface area contributed by atoms with Gasteiger partial charge in [-0.2, -0.15) is 0 Å². The first-order valence-electron chi connectivity index (χ1n) is 6.87. The Hall–Kier alpha value is -0.0800. The molecule has 0 radical (unpaired) electrons. The lowest BCUT2D eigenvalue weighted by Crippen LogP contribution is -2.45. The molecule has 1 aliphatic heterocycles. The number of nitrogens with zero attached hydrogens (tertiary/aromatic N) is 1. The monoisotopic (exact) mass is 210 g/mol.